The predicted molar refractivity (Wildman–Crippen MR) is 246 cm³/mol. The monoisotopic (exact) mass is 866 g/mol. The zero-order valence-corrected chi connectivity index (χ0v) is 38.1. The summed E-state index contributed by atoms with van der Waals surface area (Å²) in [6.45, 7) is 1.37. The number of nitrogens with one attached hydrogen (secondary N) is 1. The van der Waals surface area contributed by atoms with Crippen molar-refractivity contribution in [2.24, 2.45) is 0 Å². The number of hydrogen-bond acceptors (Lipinski definition) is 8. The van der Waals surface area contributed by atoms with Crippen molar-refractivity contribution >= 4 is 20.1 Å². The molecule has 1 aliphatic heterocycles. The third kappa shape index (κ3) is 7.37. The van der Waals surface area contributed by atoms with Crippen molar-refractivity contribution in [2.75, 3.05) is 11.9 Å². The number of amides is 1. The van der Waals surface area contributed by atoms with E-state index in [1.54, 1.807) is 12.1 Å². The van der Waals surface area contributed by atoms with Gasteiger partial charge in [-0.1, -0.05) is 102 Å². The molecular formula is C51H79NO8S. The fraction of sp³-hybridized carbons (Fsp3) is 0.745. The number of rotatable bonds is 12. The predicted octanol–water partition coefficient (Wildman–Crippen LogP) is 10.8. The minimum Gasteiger partial charge on any atom is -0.462 e. The quantitative estimate of drug-likeness (QED) is 0.142. The summed E-state index contributed by atoms with van der Waals surface area (Å²) in [6, 6.07) is 15.2. The maximum Gasteiger partial charge on any atom is 0.411 e. The van der Waals surface area contributed by atoms with Gasteiger partial charge in [0.05, 0.1) is 6.61 Å². The number of anilines is 1. The summed E-state index contributed by atoms with van der Waals surface area (Å²) >= 11 is 0. The van der Waals surface area contributed by atoms with E-state index in [9.17, 15) is 25.2 Å². The number of aliphatic hydroxyl groups excluding tert-OH is 4. The molecule has 5 atom stereocenters. The van der Waals surface area contributed by atoms with Gasteiger partial charge in [0.15, 0.2) is 0 Å². The van der Waals surface area contributed by atoms with Crippen molar-refractivity contribution < 1.29 is 39.4 Å². The van der Waals surface area contributed by atoms with E-state index in [4.69, 9.17) is 14.2 Å². The van der Waals surface area contributed by atoms with Crippen LogP contribution in [0.15, 0.2) is 47.4 Å². The van der Waals surface area contributed by atoms with E-state index in [1.807, 2.05) is 17.9 Å². The average Bonchev–Trinajstić information content (AvgIpc) is 3.32. The molecule has 10 heteroatoms. The van der Waals surface area contributed by atoms with Crippen molar-refractivity contribution in [1.82, 2.24) is 0 Å². The Hall–Kier alpha value is -2.34. The number of aryl methyl sites for hydroxylation is 1. The Morgan fingerprint density at radius 1 is 0.623 bits per heavy atom. The van der Waals surface area contributed by atoms with Gasteiger partial charge in [-0.2, -0.15) is 0 Å². The molecule has 1 heterocycles. The van der Waals surface area contributed by atoms with Gasteiger partial charge in [-0.25, -0.2) is 13.1 Å². The summed E-state index contributed by atoms with van der Waals surface area (Å²) in [4.78, 5) is 15.3. The second-order valence-electron chi connectivity index (χ2n) is 20.4. The lowest BCUT2D eigenvalue weighted by Crippen LogP contribution is -2.72. The largest absolute Gasteiger partial charge is 0.462 e. The van der Waals surface area contributed by atoms with Crippen molar-refractivity contribution in [3.8, 4) is 5.75 Å². The lowest BCUT2D eigenvalue weighted by molar-refractivity contribution is -0.277. The number of carbonyl (C=O) groups is 1. The van der Waals surface area contributed by atoms with Crippen molar-refractivity contribution in [3.63, 3.8) is 0 Å². The van der Waals surface area contributed by atoms with Crippen molar-refractivity contribution in [2.45, 2.75) is 236 Å². The molecule has 0 aromatic heterocycles. The number of aliphatic hydroxyl groups is 4. The molecule has 1 amide bonds. The van der Waals surface area contributed by atoms with E-state index in [0.717, 1.165) is 37.5 Å². The van der Waals surface area contributed by atoms with Crippen LogP contribution in [0, 0.1) is 6.92 Å². The molecule has 1 saturated heterocycles. The van der Waals surface area contributed by atoms with Crippen LogP contribution >= 0.6 is 8.29 Å². The molecule has 6 aliphatic rings. The summed E-state index contributed by atoms with van der Waals surface area (Å²) in [5, 5.41) is 47.7. The Bertz CT molecular complexity index is 1620. The Morgan fingerprint density at radius 3 is 1.48 bits per heavy atom. The van der Waals surface area contributed by atoms with Gasteiger partial charge in [-0.15, -0.1) is 0 Å². The van der Waals surface area contributed by atoms with E-state index in [2.05, 4.69) is 29.6 Å². The summed E-state index contributed by atoms with van der Waals surface area (Å²) in [7, 11) is -3.20. The molecule has 61 heavy (non-hydrogen) atoms. The molecule has 2 unspecified atom stereocenters. The van der Waals surface area contributed by atoms with Gasteiger partial charge in [0.2, 0.25) is 6.29 Å². The molecule has 5 aliphatic carbocycles. The number of benzene rings is 2. The van der Waals surface area contributed by atoms with Crippen LogP contribution in [0.1, 0.15) is 172 Å². The normalized spacial score (nSPS) is 29.6. The van der Waals surface area contributed by atoms with E-state index < -0.39 is 51.7 Å². The van der Waals surface area contributed by atoms with E-state index in [1.165, 1.54) is 161 Å². The zero-order valence-electron chi connectivity index (χ0n) is 37.2. The second kappa shape index (κ2) is 19.0. The van der Waals surface area contributed by atoms with E-state index in [0.29, 0.717) is 11.3 Å². The smallest absolute Gasteiger partial charge is 0.411 e. The minimum atomic E-state index is -3.20. The lowest BCUT2D eigenvalue weighted by Gasteiger charge is -2.97. The summed E-state index contributed by atoms with van der Waals surface area (Å²) in [5.41, 5.74) is 2.30. The minimum absolute atomic E-state index is 0.0660. The standard InChI is InChI=1S/C51H79NO8S/c1-36-33-37(27-32-45(36)59-50-49(56)48(55)47(54)46(34-53)60-50)35-58-51(57)52-38-28-30-44(31-29-38)61(39-17-7-2-8-18-39,40-19-9-3-10-20-40,41-21-11-4-12-22-41,42-23-13-5-14-24-42)43-25-15-6-16-26-43/h27-33,39-43,46-50,53-56H,2-26,34-35H2,1H3,(H,52,57)/t46?,47-,48?,49-,50+/m0/s1. The fourth-order valence-corrected chi connectivity index (χ4v) is 32.4. The van der Waals surface area contributed by atoms with Gasteiger partial charge in [0.1, 0.15) is 36.8 Å². The van der Waals surface area contributed by atoms with Gasteiger partial charge in [0, 0.05) is 5.69 Å². The van der Waals surface area contributed by atoms with Crippen molar-refractivity contribution in [1.29, 1.82) is 0 Å². The zero-order chi connectivity index (χ0) is 42.5. The molecule has 2 aromatic carbocycles. The van der Waals surface area contributed by atoms with Crippen LogP contribution in [0.3, 0.4) is 0 Å². The molecule has 5 saturated carbocycles. The molecule has 2 aromatic rings. The molecule has 0 spiro atoms. The Labute approximate surface area is 365 Å². The summed E-state index contributed by atoms with van der Waals surface area (Å²) in [6.07, 6.45) is 28.2. The third-order valence-electron chi connectivity index (χ3n) is 17.9. The number of ether oxygens (including phenoxy) is 3. The first-order valence-electron chi connectivity index (χ1n) is 24.8. The first-order valence-corrected chi connectivity index (χ1v) is 27.6. The summed E-state index contributed by atoms with van der Waals surface area (Å²) < 4.78 is 17.2. The van der Waals surface area contributed by atoms with Gasteiger partial charge in [0.25, 0.3) is 0 Å². The highest BCUT2D eigenvalue weighted by Gasteiger charge is 2.79. The van der Waals surface area contributed by atoms with Crippen LogP contribution in [0.5, 0.6) is 5.75 Å². The lowest BCUT2D eigenvalue weighted by atomic mass is 9.97. The molecule has 0 radical (unpaired) electrons. The topological polar surface area (TPSA) is 138 Å². The third-order valence-corrected chi connectivity index (χ3v) is 31.3. The Balaban J connectivity index is 1.10. The van der Waals surface area contributed by atoms with Crippen LogP contribution in [0.25, 0.3) is 0 Å². The van der Waals surface area contributed by atoms with Crippen LogP contribution in [0.2, 0.25) is 0 Å². The van der Waals surface area contributed by atoms with Crippen LogP contribution in [-0.2, 0) is 16.1 Å². The number of carbonyl (C=O) groups excluding carboxylic acids is 1. The first kappa shape index (κ1) is 45.2. The van der Waals surface area contributed by atoms with Crippen molar-refractivity contribution in [3.05, 3.63) is 53.6 Å². The maximum atomic E-state index is 13.5. The first-order chi connectivity index (χ1) is 29.7. The highest BCUT2D eigenvalue weighted by molar-refractivity contribution is 8.66. The van der Waals surface area contributed by atoms with E-state index in [-0.39, 0.29) is 6.61 Å². The molecule has 6 fully saturated rings. The molecular weight excluding hydrogens is 787 g/mol. The van der Waals surface area contributed by atoms with Gasteiger partial charge in [-0.3, -0.25) is 5.32 Å². The van der Waals surface area contributed by atoms with Crippen LogP contribution in [0.4, 0.5) is 10.5 Å². The highest BCUT2D eigenvalue weighted by atomic mass is 32.4. The van der Waals surface area contributed by atoms with Crippen LogP contribution in [-0.4, -0.2) is 90.1 Å². The van der Waals surface area contributed by atoms with Gasteiger partial charge >= 0.3 is 6.09 Å². The number of hydrogen-bond donors (Lipinski definition) is 5. The molecule has 9 nitrogen and oxygen atoms in total. The molecule has 5 N–H and O–H groups in total. The van der Waals surface area contributed by atoms with E-state index >= 15 is 0 Å². The molecule has 0 bridgehead atoms. The average molecular weight is 866 g/mol. The second-order valence-corrected chi connectivity index (χ2v) is 28.1. The van der Waals surface area contributed by atoms with Crippen LogP contribution < -0.4 is 10.1 Å². The maximum absolute atomic E-state index is 13.5. The molecule has 342 valence electrons. The Kier molecular flexibility index (Phi) is 14.1. The highest BCUT2D eigenvalue weighted by Crippen LogP contribution is 3.09. The molecule has 8 rings (SSSR count). The van der Waals surface area contributed by atoms with Gasteiger partial charge < -0.3 is 34.6 Å². The fourth-order valence-electron chi connectivity index (χ4n) is 15.8. The van der Waals surface area contributed by atoms with Gasteiger partial charge in [-0.05, 0) is 150 Å². The summed E-state index contributed by atoms with van der Waals surface area (Å²) in [5.74, 6) is 0.406. The SMILES string of the molecule is Cc1cc(COC(=O)Nc2ccc(S(C3CCCCC3)(C3CCCCC3)(C3CCCCC3)(C3CCCCC3)C3CCCCC3)cc2)ccc1O[C@@H]1OC(CO)[C@H](O)C(O)[C@@H]1O. The Morgan fingerprint density at radius 2 is 1.07 bits per heavy atom.